The van der Waals surface area contributed by atoms with Crippen molar-refractivity contribution in [2.45, 2.75) is 65.5 Å². The molecule has 0 amide bonds. The third kappa shape index (κ3) is 4.52. The van der Waals surface area contributed by atoms with Crippen LogP contribution in [0.5, 0.6) is 0 Å². The predicted molar refractivity (Wildman–Crippen MR) is 78.0 cm³/mol. The molecule has 0 aromatic carbocycles. The molecule has 0 fully saturated rings. The van der Waals surface area contributed by atoms with Crippen molar-refractivity contribution in [2.75, 3.05) is 6.61 Å². The Bertz CT molecular complexity index is 491. The van der Waals surface area contributed by atoms with Gasteiger partial charge in [0.2, 0.25) is 0 Å². The molecule has 118 valence electrons. The van der Waals surface area contributed by atoms with Crippen molar-refractivity contribution in [3.63, 3.8) is 0 Å². The summed E-state index contributed by atoms with van der Waals surface area (Å²) in [5, 5.41) is 17.4. The van der Waals surface area contributed by atoms with Crippen LogP contribution in [-0.4, -0.2) is 32.7 Å². The summed E-state index contributed by atoms with van der Waals surface area (Å²) in [6.45, 7) is 7.03. The number of ether oxygens (including phenoxy) is 1. The maximum atomic E-state index is 10.7. The first-order valence-electron chi connectivity index (χ1n) is 7.62. The maximum Gasteiger partial charge on any atom is 0.329 e. The van der Waals surface area contributed by atoms with Crippen molar-refractivity contribution in [3.05, 3.63) is 11.4 Å². The average Bonchev–Trinajstić information content (AvgIpc) is 2.68. The van der Waals surface area contributed by atoms with Gasteiger partial charge in [0.15, 0.2) is 0 Å². The molecule has 2 rings (SSSR count). The number of aromatic nitrogens is 3. The first kappa shape index (κ1) is 15.9. The molecule has 1 aromatic rings. The molecule has 1 unspecified atom stereocenters. The van der Waals surface area contributed by atoms with E-state index in [9.17, 15) is 4.79 Å². The Balaban J connectivity index is 2.23. The lowest BCUT2D eigenvalue weighted by Crippen LogP contribution is -2.20. The summed E-state index contributed by atoms with van der Waals surface area (Å²) in [4.78, 5) is 10.7. The standard InChI is InChI=1S/C15H25N3O3/c1-15(2,3)10-18-11-7-5-4-6-8-12(14(11)16-17-18)21-9-13(19)20/h12H,4-10H2,1-3H3,(H,19,20). The van der Waals surface area contributed by atoms with E-state index in [0.717, 1.165) is 50.0 Å². The van der Waals surface area contributed by atoms with E-state index < -0.39 is 5.97 Å². The van der Waals surface area contributed by atoms with E-state index in [1.807, 2.05) is 4.68 Å². The molecule has 0 radical (unpaired) electrons. The smallest absolute Gasteiger partial charge is 0.329 e. The normalized spacial score (nSPS) is 19.7. The van der Waals surface area contributed by atoms with E-state index in [-0.39, 0.29) is 18.1 Å². The zero-order chi connectivity index (χ0) is 15.5. The van der Waals surface area contributed by atoms with Gasteiger partial charge in [0.25, 0.3) is 0 Å². The Morgan fingerprint density at radius 3 is 2.81 bits per heavy atom. The van der Waals surface area contributed by atoms with Crippen LogP contribution in [0.1, 0.15) is 63.9 Å². The van der Waals surface area contributed by atoms with Crippen molar-refractivity contribution in [3.8, 4) is 0 Å². The Hall–Kier alpha value is -1.43. The highest BCUT2D eigenvalue weighted by atomic mass is 16.5. The Morgan fingerprint density at radius 2 is 2.14 bits per heavy atom. The zero-order valence-corrected chi connectivity index (χ0v) is 13.1. The molecule has 0 bridgehead atoms. The second-order valence-corrected chi connectivity index (χ2v) is 6.93. The molecule has 6 nitrogen and oxygen atoms in total. The number of carboxylic acids is 1. The van der Waals surface area contributed by atoms with Gasteiger partial charge in [0.05, 0.1) is 5.69 Å². The highest BCUT2D eigenvalue weighted by molar-refractivity contribution is 5.68. The number of aliphatic carboxylic acids is 1. The molecule has 1 heterocycles. The van der Waals surface area contributed by atoms with Crippen molar-refractivity contribution < 1.29 is 14.6 Å². The van der Waals surface area contributed by atoms with Gasteiger partial charge in [-0.2, -0.15) is 0 Å². The summed E-state index contributed by atoms with van der Waals surface area (Å²) >= 11 is 0. The van der Waals surface area contributed by atoms with Crippen LogP contribution < -0.4 is 0 Å². The monoisotopic (exact) mass is 295 g/mol. The molecule has 21 heavy (non-hydrogen) atoms. The van der Waals surface area contributed by atoms with Crippen LogP contribution in [0.4, 0.5) is 0 Å². The fourth-order valence-corrected chi connectivity index (χ4v) is 2.70. The number of fused-ring (bicyclic) bond motifs is 1. The van der Waals surface area contributed by atoms with Gasteiger partial charge >= 0.3 is 5.97 Å². The van der Waals surface area contributed by atoms with E-state index in [1.165, 1.54) is 0 Å². The van der Waals surface area contributed by atoms with Crippen LogP contribution >= 0.6 is 0 Å². The van der Waals surface area contributed by atoms with Gasteiger partial charge in [-0.3, -0.25) is 0 Å². The predicted octanol–water partition coefficient (Wildman–Crippen LogP) is 2.58. The van der Waals surface area contributed by atoms with Crippen LogP contribution in [0.3, 0.4) is 0 Å². The number of carbonyl (C=O) groups is 1. The molecule has 1 aromatic heterocycles. The fourth-order valence-electron chi connectivity index (χ4n) is 2.70. The minimum absolute atomic E-state index is 0.126. The lowest BCUT2D eigenvalue weighted by atomic mass is 9.95. The van der Waals surface area contributed by atoms with Crippen LogP contribution in [-0.2, 0) is 22.5 Å². The molecule has 1 aliphatic carbocycles. The van der Waals surface area contributed by atoms with Crippen molar-refractivity contribution in [1.82, 2.24) is 15.0 Å². The summed E-state index contributed by atoms with van der Waals surface area (Å²) in [7, 11) is 0. The molecule has 1 atom stereocenters. The van der Waals surface area contributed by atoms with Crippen LogP contribution in [0.2, 0.25) is 0 Å². The first-order chi connectivity index (χ1) is 9.87. The molecule has 0 spiro atoms. The van der Waals surface area contributed by atoms with Gasteiger partial charge in [0, 0.05) is 6.54 Å². The molecule has 1 aliphatic rings. The minimum atomic E-state index is -0.944. The first-order valence-corrected chi connectivity index (χ1v) is 7.62. The van der Waals surface area contributed by atoms with Crippen molar-refractivity contribution >= 4 is 5.97 Å². The number of carboxylic acid groups (broad SMARTS) is 1. The van der Waals surface area contributed by atoms with Gasteiger partial charge in [-0.1, -0.05) is 38.8 Å². The summed E-state index contributed by atoms with van der Waals surface area (Å²) in [5.74, 6) is -0.944. The van der Waals surface area contributed by atoms with Crippen molar-refractivity contribution in [2.24, 2.45) is 5.41 Å². The molecular formula is C15H25N3O3. The topological polar surface area (TPSA) is 77.2 Å². The maximum absolute atomic E-state index is 10.7. The van der Waals surface area contributed by atoms with Gasteiger partial charge in [0.1, 0.15) is 18.4 Å². The molecule has 1 N–H and O–H groups in total. The summed E-state index contributed by atoms with van der Waals surface area (Å²) in [6.07, 6.45) is 4.80. The third-order valence-electron chi connectivity index (χ3n) is 3.58. The molecule has 0 saturated carbocycles. The van der Waals surface area contributed by atoms with Crippen molar-refractivity contribution in [1.29, 1.82) is 0 Å². The Kier molecular flexibility index (Phi) is 4.98. The highest BCUT2D eigenvalue weighted by Gasteiger charge is 2.26. The number of hydrogen-bond acceptors (Lipinski definition) is 4. The summed E-state index contributed by atoms with van der Waals surface area (Å²) in [6, 6.07) is 0. The van der Waals surface area contributed by atoms with Gasteiger partial charge in [-0.15, -0.1) is 5.10 Å². The largest absolute Gasteiger partial charge is 0.480 e. The lowest BCUT2D eigenvalue weighted by Gasteiger charge is -2.22. The summed E-state index contributed by atoms with van der Waals surface area (Å²) in [5.41, 5.74) is 2.07. The van der Waals surface area contributed by atoms with Gasteiger partial charge < -0.3 is 9.84 Å². The number of rotatable bonds is 4. The number of nitrogens with zero attached hydrogens (tertiary/aromatic N) is 3. The zero-order valence-electron chi connectivity index (χ0n) is 13.1. The second kappa shape index (κ2) is 6.56. The molecule has 0 aliphatic heterocycles. The van der Waals surface area contributed by atoms with E-state index in [4.69, 9.17) is 9.84 Å². The highest BCUT2D eigenvalue weighted by Crippen LogP contribution is 2.30. The third-order valence-corrected chi connectivity index (χ3v) is 3.58. The SMILES string of the molecule is CC(C)(C)Cn1nnc2c1CCCCCC2OCC(=O)O. The molecule has 0 saturated heterocycles. The van der Waals surface area contributed by atoms with Crippen LogP contribution in [0, 0.1) is 5.41 Å². The summed E-state index contributed by atoms with van der Waals surface area (Å²) < 4.78 is 7.50. The average molecular weight is 295 g/mol. The van der Waals surface area contributed by atoms with E-state index in [1.54, 1.807) is 0 Å². The molecule has 6 heteroatoms. The van der Waals surface area contributed by atoms with Crippen LogP contribution in [0.15, 0.2) is 0 Å². The fraction of sp³-hybridized carbons (Fsp3) is 0.800. The minimum Gasteiger partial charge on any atom is -0.480 e. The van der Waals surface area contributed by atoms with E-state index >= 15 is 0 Å². The van der Waals surface area contributed by atoms with Crippen LogP contribution in [0.25, 0.3) is 0 Å². The molecular weight excluding hydrogens is 270 g/mol. The Morgan fingerprint density at radius 1 is 1.38 bits per heavy atom. The Labute approximate surface area is 125 Å². The quantitative estimate of drug-likeness (QED) is 0.923. The van der Waals surface area contributed by atoms with E-state index in [0.29, 0.717) is 0 Å². The number of hydrogen-bond donors (Lipinski definition) is 1. The lowest BCUT2D eigenvalue weighted by molar-refractivity contribution is -0.144. The van der Waals surface area contributed by atoms with E-state index in [2.05, 4.69) is 31.1 Å². The van der Waals surface area contributed by atoms with Gasteiger partial charge in [-0.25, -0.2) is 9.48 Å². The second-order valence-electron chi connectivity index (χ2n) is 6.93. The van der Waals surface area contributed by atoms with Gasteiger partial charge in [-0.05, 0) is 24.7 Å².